The Labute approximate surface area is 128 Å². The molecule has 0 fully saturated rings. The van der Waals surface area contributed by atoms with Crippen LogP contribution in [0.1, 0.15) is 67.2 Å². The topological polar surface area (TPSA) is 71.1 Å². The molecule has 124 valence electrons. The van der Waals surface area contributed by atoms with E-state index in [0.717, 1.165) is 0 Å². The number of carbonyl (C=O) groups is 2. The molecule has 0 saturated heterocycles. The van der Waals surface area contributed by atoms with E-state index in [-0.39, 0.29) is 25.0 Å². The first-order valence-electron chi connectivity index (χ1n) is 7.54. The van der Waals surface area contributed by atoms with Gasteiger partial charge in [0.05, 0.1) is 0 Å². The minimum Gasteiger partial charge on any atom is -0.442 e. The fraction of sp³-hybridized carbons (Fsp3) is 0.857. The Bertz CT molecular complexity index is 297. The molecule has 7 heteroatoms. The number of carbonyl (C=O) groups excluding carboxylic acids is 2. The standard InChI is InChI=1S/C14H28O6Si/c1-7-9-13(15)19-21(17-11(3)4,18-12(5)6)20-14(16)10-8-2/h11-12H,7-10H2,1-6H3. The van der Waals surface area contributed by atoms with Crippen LogP contribution in [0.25, 0.3) is 0 Å². The van der Waals surface area contributed by atoms with Crippen molar-refractivity contribution in [2.24, 2.45) is 0 Å². The molecule has 0 aromatic carbocycles. The first kappa shape index (κ1) is 20.1. The molecule has 0 bridgehead atoms. The van der Waals surface area contributed by atoms with Crippen molar-refractivity contribution in [1.82, 2.24) is 0 Å². The van der Waals surface area contributed by atoms with Gasteiger partial charge >= 0.3 is 9.05 Å². The van der Waals surface area contributed by atoms with Crippen LogP contribution in [0.2, 0.25) is 0 Å². The van der Waals surface area contributed by atoms with Crippen LogP contribution in [0, 0.1) is 0 Å². The third kappa shape index (κ3) is 8.85. The van der Waals surface area contributed by atoms with E-state index in [1.807, 2.05) is 13.8 Å². The summed E-state index contributed by atoms with van der Waals surface area (Å²) < 4.78 is 21.9. The highest BCUT2D eigenvalue weighted by Gasteiger charge is 2.55. The van der Waals surface area contributed by atoms with E-state index in [9.17, 15) is 9.59 Å². The SMILES string of the molecule is CCCC(=O)O[Si](OC(=O)CCC)(OC(C)C)OC(C)C. The summed E-state index contributed by atoms with van der Waals surface area (Å²) in [5, 5.41) is 0. The molecule has 0 rings (SSSR count). The van der Waals surface area contributed by atoms with E-state index in [0.29, 0.717) is 12.8 Å². The highest BCUT2D eigenvalue weighted by atomic mass is 28.4. The van der Waals surface area contributed by atoms with Gasteiger partial charge in [-0.2, -0.15) is 0 Å². The van der Waals surface area contributed by atoms with Gasteiger partial charge in [-0.15, -0.1) is 0 Å². The normalized spacial score (nSPS) is 11.8. The summed E-state index contributed by atoms with van der Waals surface area (Å²) in [6.45, 7) is 10.8. The summed E-state index contributed by atoms with van der Waals surface area (Å²) in [5.74, 6) is -0.954. The van der Waals surface area contributed by atoms with E-state index < -0.39 is 21.0 Å². The Morgan fingerprint density at radius 3 is 1.38 bits per heavy atom. The van der Waals surface area contributed by atoms with E-state index in [2.05, 4.69) is 0 Å². The molecule has 0 unspecified atom stereocenters. The van der Waals surface area contributed by atoms with Crippen LogP contribution in [-0.2, 0) is 27.3 Å². The minimum atomic E-state index is -3.82. The predicted octanol–water partition coefficient (Wildman–Crippen LogP) is 2.96. The quantitative estimate of drug-likeness (QED) is 0.576. The van der Waals surface area contributed by atoms with Crippen molar-refractivity contribution in [3.8, 4) is 0 Å². The molecule has 0 atom stereocenters. The van der Waals surface area contributed by atoms with Gasteiger partial charge in [0.15, 0.2) is 0 Å². The smallest absolute Gasteiger partial charge is 0.442 e. The molecular weight excluding hydrogens is 292 g/mol. The van der Waals surface area contributed by atoms with Crippen molar-refractivity contribution in [3.05, 3.63) is 0 Å². The van der Waals surface area contributed by atoms with Crippen LogP contribution in [0.5, 0.6) is 0 Å². The molecule has 0 aliphatic rings. The van der Waals surface area contributed by atoms with Crippen molar-refractivity contribution in [1.29, 1.82) is 0 Å². The zero-order valence-corrected chi connectivity index (χ0v) is 14.9. The van der Waals surface area contributed by atoms with Crippen LogP contribution < -0.4 is 0 Å². The maximum atomic E-state index is 11.8. The van der Waals surface area contributed by atoms with Crippen LogP contribution in [0.15, 0.2) is 0 Å². The molecular formula is C14H28O6Si. The molecule has 0 aliphatic carbocycles. The van der Waals surface area contributed by atoms with E-state index >= 15 is 0 Å². The lowest BCUT2D eigenvalue weighted by molar-refractivity contribution is -0.156. The van der Waals surface area contributed by atoms with Gasteiger partial charge in [0.25, 0.3) is 11.9 Å². The molecule has 0 radical (unpaired) electrons. The largest absolute Gasteiger partial charge is 0.825 e. The Balaban J connectivity index is 5.19. The van der Waals surface area contributed by atoms with Crippen molar-refractivity contribution in [3.63, 3.8) is 0 Å². The van der Waals surface area contributed by atoms with Gasteiger partial charge in [0.1, 0.15) is 0 Å². The summed E-state index contributed by atoms with van der Waals surface area (Å²) in [4.78, 5) is 23.6. The van der Waals surface area contributed by atoms with Gasteiger partial charge in [0, 0.05) is 25.0 Å². The monoisotopic (exact) mass is 320 g/mol. The van der Waals surface area contributed by atoms with E-state index in [1.165, 1.54) is 0 Å². The molecule has 6 nitrogen and oxygen atoms in total. The third-order valence-corrected chi connectivity index (χ3v) is 4.62. The van der Waals surface area contributed by atoms with Crippen LogP contribution in [0.3, 0.4) is 0 Å². The van der Waals surface area contributed by atoms with E-state index in [4.69, 9.17) is 17.7 Å². The van der Waals surface area contributed by atoms with Crippen LogP contribution >= 0.6 is 0 Å². The van der Waals surface area contributed by atoms with Crippen molar-refractivity contribution >= 4 is 21.0 Å². The minimum absolute atomic E-state index is 0.225. The molecule has 0 N–H and O–H groups in total. The fourth-order valence-corrected chi connectivity index (χ4v) is 3.72. The molecule has 0 heterocycles. The number of hydrogen-bond donors (Lipinski definition) is 0. The summed E-state index contributed by atoms with van der Waals surface area (Å²) in [7, 11) is -3.82. The molecule has 0 aromatic rings. The zero-order chi connectivity index (χ0) is 16.5. The van der Waals surface area contributed by atoms with Gasteiger partial charge in [-0.25, -0.2) is 0 Å². The molecule has 0 amide bonds. The maximum absolute atomic E-state index is 11.8. The average molecular weight is 320 g/mol. The summed E-state index contributed by atoms with van der Waals surface area (Å²) >= 11 is 0. The Hall–Kier alpha value is -0.923. The summed E-state index contributed by atoms with van der Waals surface area (Å²) in [5.41, 5.74) is 0. The zero-order valence-electron chi connectivity index (χ0n) is 13.9. The second-order valence-corrected chi connectivity index (χ2v) is 7.16. The lowest BCUT2D eigenvalue weighted by atomic mass is 10.4. The predicted molar refractivity (Wildman–Crippen MR) is 80.2 cm³/mol. The molecule has 0 aliphatic heterocycles. The van der Waals surface area contributed by atoms with Crippen molar-refractivity contribution in [2.75, 3.05) is 0 Å². The lowest BCUT2D eigenvalue weighted by Gasteiger charge is -2.29. The first-order valence-corrected chi connectivity index (χ1v) is 9.17. The van der Waals surface area contributed by atoms with Crippen LogP contribution in [-0.4, -0.2) is 33.2 Å². The number of hydrogen-bond acceptors (Lipinski definition) is 6. The Morgan fingerprint density at radius 2 is 1.14 bits per heavy atom. The lowest BCUT2D eigenvalue weighted by Crippen LogP contribution is -2.54. The Kier molecular flexibility index (Phi) is 9.48. The van der Waals surface area contributed by atoms with E-state index in [1.54, 1.807) is 27.7 Å². The van der Waals surface area contributed by atoms with Crippen LogP contribution in [0.4, 0.5) is 0 Å². The van der Waals surface area contributed by atoms with Crippen molar-refractivity contribution < 1.29 is 27.3 Å². The molecule has 0 saturated carbocycles. The first-order chi connectivity index (χ1) is 9.74. The maximum Gasteiger partial charge on any atom is 0.825 e. The van der Waals surface area contributed by atoms with Gasteiger partial charge < -0.3 is 17.7 Å². The molecule has 0 spiro atoms. The van der Waals surface area contributed by atoms with Crippen molar-refractivity contribution in [2.45, 2.75) is 79.4 Å². The highest BCUT2D eigenvalue weighted by Crippen LogP contribution is 2.19. The average Bonchev–Trinajstić information content (AvgIpc) is 2.26. The summed E-state index contributed by atoms with van der Waals surface area (Å²) in [6, 6.07) is 0. The van der Waals surface area contributed by atoms with Gasteiger partial charge in [-0.3, -0.25) is 9.59 Å². The second-order valence-electron chi connectivity index (χ2n) is 5.28. The molecule has 0 aromatic heterocycles. The van der Waals surface area contributed by atoms with Gasteiger partial charge in [-0.1, -0.05) is 13.8 Å². The number of rotatable bonds is 10. The molecule has 21 heavy (non-hydrogen) atoms. The summed E-state index contributed by atoms with van der Waals surface area (Å²) in [6.07, 6.45) is 1.13. The third-order valence-electron chi connectivity index (χ3n) is 2.15. The van der Waals surface area contributed by atoms with Gasteiger partial charge in [-0.05, 0) is 40.5 Å². The highest BCUT2D eigenvalue weighted by molar-refractivity contribution is 6.57. The second kappa shape index (κ2) is 9.91. The van der Waals surface area contributed by atoms with Gasteiger partial charge in [0.2, 0.25) is 0 Å². The fourth-order valence-electron chi connectivity index (χ4n) is 1.51. The Morgan fingerprint density at radius 1 is 0.810 bits per heavy atom.